The molecule has 1 aliphatic heterocycles. The number of aromatic nitrogens is 4. The van der Waals surface area contributed by atoms with Crippen LogP contribution in [0.4, 0.5) is 13.2 Å². The minimum Gasteiger partial charge on any atom is -0.342 e. The topological polar surface area (TPSA) is 83.9 Å². The summed E-state index contributed by atoms with van der Waals surface area (Å²) in [5, 5.41) is 4.16. The SMILES string of the molecule is Cc1cc(C(F)(F)F)c2c(=O)[nH]c(C3CCN(C(=O)[C@H](C)Cn4cc(Cl)cn4)CC3)cc2n1. The molecular weight excluding hydrogens is 459 g/mol. The second-order valence-electron chi connectivity index (χ2n) is 8.50. The molecule has 7 nitrogen and oxygen atoms in total. The van der Waals surface area contributed by atoms with E-state index in [-0.39, 0.29) is 29.0 Å². The van der Waals surface area contributed by atoms with Crippen molar-refractivity contribution in [3.63, 3.8) is 0 Å². The zero-order chi connectivity index (χ0) is 23.9. The molecule has 11 heteroatoms. The van der Waals surface area contributed by atoms with Crippen molar-refractivity contribution in [2.24, 2.45) is 5.92 Å². The summed E-state index contributed by atoms with van der Waals surface area (Å²) in [5.41, 5.74) is -1.01. The van der Waals surface area contributed by atoms with E-state index in [0.29, 0.717) is 43.2 Å². The van der Waals surface area contributed by atoms with Crippen molar-refractivity contribution in [1.29, 1.82) is 0 Å². The number of amides is 1. The van der Waals surface area contributed by atoms with Gasteiger partial charge in [0.15, 0.2) is 0 Å². The van der Waals surface area contributed by atoms with Gasteiger partial charge in [0.05, 0.1) is 40.1 Å². The Morgan fingerprint density at radius 3 is 2.61 bits per heavy atom. The largest absolute Gasteiger partial charge is 0.417 e. The lowest BCUT2D eigenvalue weighted by molar-refractivity contribution is -0.137. The second-order valence-corrected chi connectivity index (χ2v) is 8.94. The Balaban J connectivity index is 1.49. The first-order chi connectivity index (χ1) is 15.5. The number of H-pyrrole nitrogens is 1. The number of carbonyl (C=O) groups excluding carboxylic acids is 1. The maximum atomic E-state index is 13.4. The molecule has 0 saturated carbocycles. The molecule has 3 aromatic rings. The molecule has 0 bridgehead atoms. The molecule has 1 fully saturated rings. The van der Waals surface area contributed by atoms with E-state index >= 15 is 0 Å². The van der Waals surface area contributed by atoms with Gasteiger partial charge in [-0.1, -0.05) is 18.5 Å². The number of alkyl halides is 3. The van der Waals surface area contributed by atoms with Crippen LogP contribution in [0.25, 0.3) is 10.9 Å². The van der Waals surface area contributed by atoms with Crippen molar-refractivity contribution in [2.45, 2.75) is 45.3 Å². The van der Waals surface area contributed by atoms with E-state index in [9.17, 15) is 22.8 Å². The van der Waals surface area contributed by atoms with Crippen molar-refractivity contribution < 1.29 is 18.0 Å². The number of pyridine rings is 2. The Labute approximate surface area is 192 Å². The van der Waals surface area contributed by atoms with Gasteiger partial charge in [0.2, 0.25) is 5.91 Å². The van der Waals surface area contributed by atoms with Gasteiger partial charge in [-0.25, -0.2) is 0 Å². The van der Waals surface area contributed by atoms with Gasteiger partial charge in [0.1, 0.15) is 0 Å². The molecule has 1 atom stereocenters. The van der Waals surface area contributed by atoms with Crippen molar-refractivity contribution >= 4 is 28.4 Å². The lowest BCUT2D eigenvalue weighted by Gasteiger charge is -2.33. The van der Waals surface area contributed by atoms with Gasteiger partial charge in [-0.05, 0) is 31.9 Å². The zero-order valence-corrected chi connectivity index (χ0v) is 18.9. The average Bonchev–Trinajstić information content (AvgIpc) is 3.16. The van der Waals surface area contributed by atoms with Gasteiger partial charge in [0.25, 0.3) is 5.56 Å². The highest BCUT2D eigenvalue weighted by atomic mass is 35.5. The van der Waals surface area contributed by atoms with Crippen molar-refractivity contribution in [2.75, 3.05) is 13.1 Å². The fourth-order valence-corrected chi connectivity index (χ4v) is 4.54. The minimum absolute atomic E-state index is 0.000752. The van der Waals surface area contributed by atoms with Crippen LogP contribution in [0.2, 0.25) is 5.02 Å². The third kappa shape index (κ3) is 4.90. The molecule has 4 rings (SSSR count). The molecule has 3 aromatic heterocycles. The van der Waals surface area contributed by atoms with E-state index in [4.69, 9.17) is 11.6 Å². The van der Waals surface area contributed by atoms with E-state index in [1.165, 1.54) is 19.2 Å². The number of halogens is 4. The van der Waals surface area contributed by atoms with Gasteiger partial charge in [0, 0.05) is 36.6 Å². The number of rotatable bonds is 4. The number of aryl methyl sites for hydroxylation is 1. The third-order valence-corrected chi connectivity index (χ3v) is 6.18. The van der Waals surface area contributed by atoms with E-state index in [0.717, 1.165) is 6.07 Å². The minimum atomic E-state index is -4.65. The van der Waals surface area contributed by atoms with Gasteiger partial charge < -0.3 is 9.88 Å². The number of fused-ring (bicyclic) bond motifs is 1. The van der Waals surface area contributed by atoms with E-state index in [1.807, 2.05) is 6.92 Å². The van der Waals surface area contributed by atoms with Crippen LogP contribution < -0.4 is 5.56 Å². The number of nitrogens with one attached hydrogen (secondary N) is 1. The number of piperidine rings is 1. The van der Waals surface area contributed by atoms with Crippen LogP contribution in [0.3, 0.4) is 0 Å². The summed E-state index contributed by atoms with van der Waals surface area (Å²) >= 11 is 5.87. The highest BCUT2D eigenvalue weighted by molar-refractivity contribution is 6.30. The molecule has 1 amide bonds. The fraction of sp³-hybridized carbons (Fsp3) is 0.455. The molecule has 1 N–H and O–H groups in total. The van der Waals surface area contributed by atoms with Crippen molar-refractivity contribution in [1.82, 2.24) is 24.6 Å². The Hall–Kier alpha value is -2.88. The lowest BCUT2D eigenvalue weighted by atomic mass is 9.91. The van der Waals surface area contributed by atoms with Crippen LogP contribution in [0, 0.1) is 12.8 Å². The third-order valence-electron chi connectivity index (χ3n) is 5.99. The molecular formula is C22H23ClF3N5O2. The van der Waals surface area contributed by atoms with Gasteiger partial charge in [-0.3, -0.25) is 19.3 Å². The second kappa shape index (κ2) is 8.81. The van der Waals surface area contributed by atoms with Gasteiger partial charge in [-0.15, -0.1) is 0 Å². The number of nitrogens with zero attached hydrogens (tertiary/aromatic N) is 4. The predicted octanol–water partition coefficient (Wildman–Crippen LogP) is 4.14. The highest BCUT2D eigenvalue weighted by Gasteiger charge is 2.35. The first kappa shape index (κ1) is 23.3. The summed E-state index contributed by atoms with van der Waals surface area (Å²) in [4.78, 5) is 34.0. The Kier molecular flexibility index (Phi) is 6.22. The van der Waals surface area contributed by atoms with Gasteiger partial charge >= 0.3 is 6.18 Å². The number of likely N-dealkylation sites (tertiary alicyclic amines) is 1. The number of hydrogen-bond donors (Lipinski definition) is 1. The average molecular weight is 482 g/mol. The summed E-state index contributed by atoms with van der Waals surface area (Å²) in [6.45, 7) is 4.69. The van der Waals surface area contributed by atoms with Crippen LogP contribution >= 0.6 is 11.6 Å². The van der Waals surface area contributed by atoms with E-state index < -0.39 is 22.7 Å². The molecule has 4 heterocycles. The predicted molar refractivity (Wildman–Crippen MR) is 117 cm³/mol. The summed E-state index contributed by atoms with van der Waals surface area (Å²) in [5.74, 6) is -0.367. The number of hydrogen-bond acceptors (Lipinski definition) is 4. The number of aromatic amines is 1. The molecule has 33 heavy (non-hydrogen) atoms. The quantitative estimate of drug-likeness (QED) is 0.607. The first-order valence-electron chi connectivity index (χ1n) is 10.6. The maximum Gasteiger partial charge on any atom is 0.417 e. The summed E-state index contributed by atoms with van der Waals surface area (Å²) in [6.07, 6.45) is -0.294. The van der Waals surface area contributed by atoms with Crippen LogP contribution in [-0.2, 0) is 17.5 Å². The smallest absolute Gasteiger partial charge is 0.342 e. The molecule has 1 saturated heterocycles. The highest BCUT2D eigenvalue weighted by Crippen LogP contribution is 2.34. The number of carbonyl (C=O) groups is 1. The molecule has 1 aliphatic rings. The van der Waals surface area contributed by atoms with E-state index in [2.05, 4.69) is 15.1 Å². The Morgan fingerprint density at radius 1 is 1.30 bits per heavy atom. The molecule has 0 radical (unpaired) electrons. The Bertz CT molecular complexity index is 1250. The molecule has 0 unspecified atom stereocenters. The molecule has 0 aliphatic carbocycles. The van der Waals surface area contributed by atoms with Gasteiger partial charge in [-0.2, -0.15) is 18.3 Å². The van der Waals surface area contributed by atoms with Crippen LogP contribution in [0.1, 0.15) is 42.6 Å². The van der Waals surface area contributed by atoms with Crippen molar-refractivity contribution in [3.8, 4) is 0 Å². The molecule has 0 spiro atoms. The molecule has 176 valence electrons. The van der Waals surface area contributed by atoms with Crippen LogP contribution in [0.15, 0.2) is 29.3 Å². The zero-order valence-electron chi connectivity index (χ0n) is 18.1. The monoisotopic (exact) mass is 481 g/mol. The van der Waals surface area contributed by atoms with E-state index in [1.54, 1.807) is 15.8 Å². The standard InChI is InChI=1S/C22H23ClF3N5O2/c1-12(10-31-11-15(23)9-27-31)21(33)30-5-3-14(4-6-30)17-8-18-19(20(32)29-17)16(22(24,25)26)7-13(2)28-18/h7-9,11-12,14H,3-6,10H2,1-2H3,(H,29,32)/t12-/m1/s1. The normalized spacial score (nSPS) is 16.4. The first-order valence-corrected chi connectivity index (χ1v) is 11.0. The maximum absolute atomic E-state index is 13.4. The van der Waals surface area contributed by atoms with Crippen LogP contribution in [0.5, 0.6) is 0 Å². The summed E-state index contributed by atoms with van der Waals surface area (Å²) in [7, 11) is 0. The van der Waals surface area contributed by atoms with Crippen LogP contribution in [-0.4, -0.2) is 43.6 Å². The van der Waals surface area contributed by atoms with Crippen molar-refractivity contribution in [3.05, 3.63) is 56.9 Å². The fourth-order valence-electron chi connectivity index (χ4n) is 4.38. The summed E-state index contributed by atoms with van der Waals surface area (Å²) in [6, 6.07) is 2.42. The lowest BCUT2D eigenvalue weighted by Crippen LogP contribution is -2.42. The Morgan fingerprint density at radius 2 is 2.00 bits per heavy atom. The summed E-state index contributed by atoms with van der Waals surface area (Å²) < 4.78 is 41.9. The molecule has 0 aromatic carbocycles.